The summed E-state index contributed by atoms with van der Waals surface area (Å²) in [6, 6.07) is 6.12. The van der Waals surface area contributed by atoms with Gasteiger partial charge in [-0.25, -0.2) is 0 Å². The van der Waals surface area contributed by atoms with Gasteiger partial charge in [-0.1, -0.05) is 28.8 Å². The minimum Gasteiger partial charge on any atom is -0.497 e. The summed E-state index contributed by atoms with van der Waals surface area (Å²) in [5, 5.41) is 3.68. The van der Waals surface area contributed by atoms with Gasteiger partial charge < -0.3 is 10.1 Å². The van der Waals surface area contributed by atoms with Crippen LogP contribution < -0.4 is 10.1 Å². The molecular weight excluding hydrogens is 278 g/mol. The van der Waals surface area contributed by atoms with Crippen molar-refractivity contribution in [1.29, 1.82) is 0 Å². The molecule has 0 aliphatic heterocycles. The number of rotatable bonds is 4. The van der Waals surface area contributed by atoms with E-state index in [9.17, 15) is 0 Å². The van der Waals surface area contributed by atoms with Crippen LogP contribution in [0.15, 0.2) is 22.7 Å². The molecule has 0 heterocycles. The number of ether oxygens (including phenoxy) is 1. The molecule has 0 aromatic heterocycles. The van der Waals surface area contributed by atoms with E-state index in [1.54, 1.807) is 7.11 Å². The molecule has 1 aliphatic rings. The maximum absolute atomic E-state index is 5.26. The molecule has 0 atom stereocenters. The molecule has 0 amide bonds. The van der Waals surface area contributed by atoms with Gasteiger partial charge in [0.2, 0.25) is 0 Å². The van der Waals surface area contributed by atoms with E-state index < -0.39 is 0 Å². The van der Waals surface area contributed by atoms with E-state index in [-0.39, 0.29) is 0 Å². The van der Waals surface area contributed by atoms with Crippen molar-refractivity contribution in [3.8, 4) is 5.75 Å². The first kappa shape index (κ1) is 12.9. The van der Waals surface area contributed by atoms with Crippen LogP contribution in [0.2, 0.25) is 0 Å². The van der Waals surface area contributed by atoms with Crippen molar-refractivity contribution < 1.29 is 4.74 Å². The molecule has 1 aromatic rings. The van der Waals surface area contributed by atoms with Crippen LogP contribution in [0.25, 0.3) is 0 Å². The van der Waals surface area contributed by atoms with E-state index >= 15 is 0 Å². The maximum Gasteiger partial charge on any atom is 0.119 e. The summed E-state index contributed by atoms with van der Waals surface area (Å²) in [5.74, 6) is 0.918. The molecule has 1 saturated carbocycles. The van der Waals surface area contributed by atoms with Gasteiger partial charge in [0.15, 0.2) is 0 Å². The average Bonchev–Trinajstić information content (AvgIpc) is 2.76. The van der Waals surface area contributed by atoms with Crippen LogP contribution in [0.4, 0.5) is 0 Å². The van der Waals surface area contributed by atoms with E-state index in [1.165, 1.54) is 31.2 Å². The highest BCUT2D eigenvalue weighted by atomic mass is 79.9. The minimum absolute atomic E-state index is 0.322. The molecule has 1 fully saturated rings. The predicted molar refractivity (Wildman–Crippen MR) is 74.4 cm³/mol. The number of benzene rings is 1. The van der Waals surface area contributed by atoms with Crippen LogP contribution in [0, 0.1) is 0 Å². The molecule has 1 aliphatic carbocycles. The molecule has 94 valence electrons. The van der Waals surface area contributed by atoms with Gasteiger partial charge >= 0.3 is 0 Å². The van der Waals surface area contributed by atoms with E-state index in [0.29, 0.717) is 5.54 Å². The first-order valence-electron chi connectivity index (χ1n) is 6.20. The average molecular weight is 298 g/mol. The van der Waals surface area contributed by atoms with Crippen molar-refractivity contribution in [2.45, 2.75) is 44.7 Å². The summed E-state index contributed by atoms with van der Waals surface area (Å²) in [6.45, 7) is 3.22. The van der Waals surface area contributed by atoms with Crippen molar-refractivity contribution in [3.63, 3.8) is 0 Å². The first-order valence-corrected chi connectivity index (χ1v) is 7.00. The lowest BCUT2D eigenvalue weighted by Crippen LogP contribution is -2.38. The molecule has 2 nitrogen and oxygen atoms in total. The Balaban J connectivity index is 2.02. The van der Waals surface area contributed by atoms with Crippen LogP contribution in [-0.2, 0) is 6.54 Å². The second-order valence-electron chi connectivity index (χ2n) is 5.08. The Morgan fingerprint density at radius 2 is 2.06 bits per heavy atom. The fourth-order valence-corrected chi connectivity index (χ4v) is 2.84. The molecule has 0 unspecified atom stereocenters. The Bertz CT molecular complexity index is 386. The lowest BCUT2D eigenvalue weighted by molar-refractivity contribution is 0.361. The monoisotopic (exact) mass is 297 g/mol. The summed E-state index contributed by atoms with van der Waals surface area (Å²) in [5.41, 5.74) is 1.58. The van der Waals surface area contributed by atoms with Crippen molar-refractivity contribution in [2.24, 2.45) is 0 Å². The van der Waals surface area contributed by atoms with Gasteiger partial charge in [0.05, 0.1) is 7.11 Å². The molecule has 2 rings (SSSR count). The van der Waals surface area contributed by atoms with Gasteiger partial charge in [-0.05, 0) is 43.5 Å². The molecule has 1 N–H and O–H groups in total. The number of methoxy groups -OCH3 is 1. The third-order valence-electron chi connectivity index (χ3n) is 3.67. The van der Waals surface area contributed by atoms with Crippen molar-refractivity contribution in [2.75, 3.05) is 7.11 Å². The summed E-state index contributed by atoms with van der Waals surface area (Å²) in [6.07, 6.45) is 5.27. The third kappa shape index (κ3) is 3.23. The summed E-state index contributed by atoms with van der Waals surface area (Å²) in [7, 11) is 1.71. The molecule has 1 aromatic carbocycles. The van der Waals surface area contributed by atoms with Gasteiger partial charge in [0.1, 0.15) is 5.75 Å². The number of halogens is 1. The number of hydrogen-bond donors (Lipinski definition) is 1. The Hall–Kier alpha value is -0.540. The Kier molecular flexibility index (Phi) is 4.10. The van der Waals surface area contributed by atoms with E-state index in [0.717, 1.165) is 16.8 Å². The number of hydrogen-bond acceptors (Lipinski definition) is 2. The van der Waals surface area contributed by atoms with Gasteiger partial charge in [-0.3, -0.25) is 0 Å². The van der Waals surface area contributed by atoms with Crippen molar-refractivity contribution >= 4 is 15.9 Å². The van der Waals surface area contributed by atoms with Crippen LogP contribution >= 0.6 is 15.9 Å². The van der Waals surface area contributed by atoms with Gasteiger partial charge in [-0.15, -0.1) is 0 Å². The van der Waals surface area contributed by atoms with Crippen molar-refractivity contribution in [3.05, 3.63) is 28.2 Å². The second-order valence-corrected chi connectivity index (χ2v) is 5.93. The first-order chi connectivity index (χ1) is 8.13. The highest BCUT2D eigenvalue weighted by molar-refractivity contribution is 9.10. The van der Waals surface area contributed by atoms with E-state index in [2.05, 4.69) is 34.2 Å². The lowest BCUT2D eigenvalue weighted by atomic mass is 10.0. The molecule has 3 heteroatoms. The smallest absolute Gasteiger partial charge is 0.119 e. The summed E-state index contributed by atoms with van der Waals surface area (Å²) in [4.78, 5) is 0. The lowest BCUT2D eigenvalue weighted by Gasteiger charge is -2.25. The molecule has 0 saturated heterocycles. The van der Waals surface area contributed by atoms with Gasteiger partial charge in [0, 0.05) is 16.6 Å². The fourth-order valence-electron chi connectivity index (χ4n) is 2.45. The van der Waals surface area contributed by atoms with Crippen LogP contribution in [-0.4, -0.2) is 12.6 Å². The molecule has 0 bridgehead atoms. The quantitative estimate of drug-likeness (QED) is 0.911. The zero-order valence-corrected chi connectivity index (χ0v) is 12.1. The minimum atomic E-state index is 0.322. The third-order valence-corrected chi connectivity index (χ3v) is 4.44. The second kappa shape index (κ2) is 5.40. The molecular formula is C14H20BrNO. The SMILES string of the molecule is COc1ccc(Br)c(CNC2(C)CCCC2)c1. The normalized spacial score (nSPS) is 18.3. The van der Waals surface area contributed by atoms with Crippen molar-refractivity contribution in [1.82, 2.24) is 5.32 Å². The van der Waals surface area contributed by atoms with Gasteiger partial charge in [0.25, 0.3) is 0 Å². The highest BCUT2D eigenvalue weighted by Crippen LogP contribution is 2.30. The zero-order valence-electron chi connectivity index (χ0n) is 10.6. The Morgan fingerprint density at radius 3 is 2.71 bits per heavy atom. The molecule has 0 radical (unpaired) electrons. The maximum atomic E-state index is 5.26. The largest absolute Gasteiger partial charge is 0.497 e. The van der Waals surface area contributed by atoms with Crippen LogP contribution in [0.1, 0.15) is 38.2 Å². The zero-order chi connectivity index (χ0) is 12.3. The molecule has 0 spiro atoms. The van der Waals surface area contributed by atoms with E-state index in [4.69, 9.17) is 4.74 Å². The summed E-state index contributed by atoms with van der Waals surface area (Å²) < 4.78 is 6.40. The Labute approximate surface area is 112 Å². The standard InChI is InChI=1S/C14H20BrNO/c1-14(7-3-4-8-14)16-10-11-9-12(17-2)5-6-13(11)15/h5-6,9,16H,3-4,7-8,10H2,1-2H3. The molecule has 17 heavy (non-hydrogen) atoms. The van der Waals surface area contributed by atoms with Crippen LogP contribution in [0.3, 0.4) is 0 Å². The predicted octanol–water partition coefficient (Wildman–Crippen LogP) is 3.88. The number of nitrogens with one attached hydrogen (secondary N) is 1. The van der Waals surface area contributed by atoms with Gasteiger partial charge in [-0.2, -0.15) is 0 Å². The highest BCUT2D eigenvalue weighted by Gasteiger charge is 2.27. The topological polar surface area (TPSA) is 21.3 Å². The fraction of sp³-hybridized carbons (Fsp3) is 0.571. The van der Waals surface area contributed by atoms with E-state index in [1.807, 2.05) is 12.1 Å². The summed E-state index contributed by atoms with van der Waals surface area (Å²) >= 11 is 3.59. The Morgan fingerprint density at radius 1 is 1.35 bits per heavy atom. The van der Waals surface area contributed by atoms with Crippen LogP contribution in [0.5, 0.6) is 5.75 Å².